The summed E-state index contributed by atoms with van der Waals surface area (Å²) in [4.78, 5) is 10.7. The lowest BCUT2D eigenvalue weighted by atomic mass is 10.0. The summed E-state index contributed by atoms with van der Waals surface area (Å²) in [5.74, 6) is -1.95. The van der Waals surface area contributed by atoms with Crippen LogP contribution >= 0.6 is 0 Å². The molecule has 0 saturated carbocycles. The van der Waals surface area contributed by atoms with Gasteiger partial charge in [0, 0.05) is 19.7 Å². The Morgan fingerprint density at radius 3 is 2.95 bits per heavy atom. The van der Waals surface area contributed by atoms with Crippen LogP contribution in [-0.2, 0) is 11.3 Å². The van der Waals surface area contributed by atoms with E-state index in [2.05, 4.69) is 12.2 Å². The summed E-state index contributed by atoms with van der Waals surface area (Å²) in [6.45, 7) is 4.05. The van der Waals surface area contributed by atoms with Gasteiger partial charge in [-0.15, -0.1) is 0 Å². The number of carbonyl (C=O) groups is 1. The highest BCUT2D eigenvalue weighted by molar-refractivity contribution is 5.87. The van der Waals surface area contributed by atoms with E-state index in [0.717, 1.165) is 25.0 Å². The molecule has 1 aromatic carbocycles. The third-order valence-electron chi connectivity index (χ3n) is 3.39. The van der Waals surface area contributed by atoms with Crippen LogP contribution in [0.25, 0.3) is 0 Å². The van der Waals surface area contributed by atoms with Gasteiger partial charge in [-0.3, -0.25) is 0 Å². The number of aromatic carboxylic acids is 1. The standard InChI is InChI=1S/C14H18FNO3/c1-14(5-2-6-19-14)9-16-8-10-3-4-11(13(17)18)12(15)7-10/h3-4,7,16H,2,5-6,8-9H2,1H3,(H,17,18). The summed E-state index contributed by atoms with van der Waals surface area (Å²) in [7, 11) is 0. The van der Waals surface area contributed by atoms with Crippen LogP contribution in [0.15, 0.2) is 18.2 Å². The average molecular weight is 267 g/mol. The molecule has 5 heteroatoms. The molecule has 19 heavy (non-hydrogen) atoms. The lowest BCUT2D eigenvalue weighted by molar-refractivity contribution is 0.0207. The zero-order chi connectivity index (χ0) is 13.9. The fourth-order valence-corrected chi connectivity index (χ4v) is 2.29. The van der Waals surface area contributed by atoms with E-state index in [1.807, 2.05) is 0 Å². The van der Waals surface area contributed by atoms with Crippen molar-refractivity contribution in [1.29, 1.82) is 0 Å². The highest BCUT2D eigenvalue weighted by Gasteiger charge is 2.28. The van der Waals surface area contributed by atoms with Gasteiger partial charge in [0.25, 0.3) is 0 Å². The summed E-state index contributed by atoms with van der Waals surface area (Å²) in [5, 5.41) is 12.0. The predicted octanol–water partition coefficient (Wildman–Crippen LogP) is 2.18. The molecular formula is C14H18FNO3. The van der Waals surface area contributed by atoms with Crippen LogP contribution in [0.2, 0.25) is 0 Å². The van der Waals surface area contributed by atoms with E-state index in [-0.39, 0.29) is 11.2 Å². The van der Waals surface area contributed by atoms with Crippen LogP contribution in [-0.4, -0.2) is 29.8 Å². The first kappa shape index (κ1) is 14.0. The van der Waals surface area contributed by atoms with Gasteiger partial charge in [-0.1, -0.05) is 6.07 Å². The van der Waals surface area contributed by atoms with E-state index in [1.54, 1.807) is 6.07 Å². The van der Waals surface area contributed by atoms with Crippen molar-refractivity contribution in [2.45, 2.75) is 31.9 Å². The second-order valence-corrected chi connectivity index (χ2v) is 5.12. The number of nitrogens with one attached hydrogen (secondary N) is 1. The molecule has 1 aliphatic heterocycles. The van der Waals surface area contributed by atoms with Crippen molar-refractivity contribution >= 4 is 5.97 Å². The van der Waals surface area contributed by atoms with Gasteiger partial charge in [-0.25, -0.2) is 9.18 Å². The minimum absolute atomic E-state index is 0.139. The largest absolute Gasteiger partial charge is 0.478 e. The maximum atomic E-state index is 13.5. The Kier molecular flexibility index (Phi) is 4.17. The van der Waals surface area contributed by atoms with Crippen molar-refractivity contribution in [2.75, 3.05) is 13.2 Å². The molecule has 0 bridgehead atoms. The summed E-state index contributed by atoms with van der Waals surface area (Å²) in [5.41, 5.74) is 0.290. The van der Waals surface area contributed by atoms with Crippen LogP contribution in [0.3, 0.4) is 0 Å². The van der Waals surface area contributed by atoms with Crippen LogP contribution in [0, 0.1) is 5.82 Å². The molecule has 1 saturated heterocycles. The molecule has 2 N–H and O–H groups in total. The first-order valence-electron chi connectivity index (χ1n) is 6.37. The molecule has 2 rings (SSSR count). The van der Waals surface area contributed by atoms with Crippen molar-refractivity contribution in [3.8, 4) is 0 Å². The fourth-order valence-electron chi connectivity index (χ4n) is 2.29. The number of carboxylic acids is 1. The molecule has 104 valence electrons. The van der Waals surface area contributed by atoms with Crippen molar-refractivity contribution in [3.05, 3.63) is 35.1 Å². The summed E-state index contributed by atoms with van der Waals surface area (Å²) in [6.07, 6.45) is 2.09. The lowest BCUT2D eigenvalue weighted by Crippen LogP contribution is -2.36. The van der Waals surface area contributed by atoms with Crippen molar-refractivity contribution in [2.24, 2.45) is 0 Å². The van der Waals surface area contributed by atoms with E-state index in [9.17, 15) is 9.18 Å². The molecule has 0 radical (unpaired) electrons. The van der Waals surface area contributed by atoms with Gasteiger partial charge < -0.3 is 15.2 Å². The molecule has 4 nitrogen and oxygen atoms in total. The number of halogens is 1. The van der Waals surface area contributed by atoms with Gasteiger partial charge >= 0.3 is 5.97 Å². The monoisotopic (exact) mass is 267 g/mol. The van der Waals surface area contributed by atoms with E-state index in [4.69, 9.17) is 9.84 Å². The van der Waals surface area contributed by atoms with Crippen LogP contribution < -0.4 is 5.32 Å². The molecule has 1 atom stereocenters. The Morgan fingerprint density at radius 2 is 2.37 bits per heavy atom. The third kappa shape index (κ3) is 3.52. The zero-order valence-corrected chi connectivity index (χ0v) is 10.9. The van der Waals surface area contributed by atoms with Crippen molar-refractivity contribution in [3.63, 3.8) is 0 Å². The Labute approximate surface area is 111 Å². The topological polar surface area (TPSA) is 58.6 Å². The predicted molar refractivity (Wildman–Crippen MR) is 68.7 cm³/mol. The summed E-state index contributed by atoms with van der Waals surface area (Å²) >= 11 is 0. The molecule has 1 unspecified atom stereocenters. The minimum Gasteiger partial charge on any atom is -0.478 e. The van der Waals surface area contributed by atoms with Crippen LogP contribution in [0.1, 0.15) is 35.7 Å². The zero-order valence-electron chi connectivity index (χ0n) is 10.9. The van der Waals surface area contributed by atoms with Gasteiger partial charge in [0.1, 0.15) is 5.82 Å². The highest BCUT2D eigenvalue weighted by atomic mass is 19.1. The fraction of sp³-hybridized carbons (Fsp3) is 0.500. The Morgan fingerprint density at radius 1 is 1.58 bits per heavy atom. The summed E-state index contributed by atoms with van der Waals surface area (Å²) < 4.78 is 19.1. The Balaban J connectivity index is 1.89. The second-order valence-electron chi connectivity index (χ2n) is 5.12. The van der Waals surface area contributed by atoms with E-state index < -0.39 is 11.8 Å². The number of ether oxygens (including phenoxy) is 1. The number of carboxylic acid groups (broad SMARTS) is 1. The smallest absolute Gasteiger partial charge is 0.338 e. The average Bonchev–Trinajstić information content (AvgIpc) is 2.76. The number of hydrogen-bond donors (Lipinski definition) is 2. The van der Waals surface area contributed by atoms with Crippen LogP contribution in [0.4, 0.5) is 4.39 Å². The Bertz CT molecular complexity index is 470. The molecule has 0 spiro atoms. The first-order chi connectivity index (χ1) is 9.00. The SMILES string of the molecule is CC1(CNCc2ccc(C(=O)O)c(F)c2)CCCO1. The third-order valence-corrected chi connectivity index (χ3v) is 3.39. The summed E-state index contributed by atoms with van der Waals surface area (Å²) in [6, 6.07) is 4.17. The maximum absolute atomic E-state index is 13.5. The van der Waals surface area contributed by atoms with Crippen molar-refractivity contribution < 1.29 is 19.0 Å². The lowest BCUT2D eigenvalue weighted by Gasteiger charge is -2.23. The minimum atomic E-state index is -1.25. The molecular weight excluding hydrogens is 249 g/mol. The van der Waals surface area contributed by atoms with Gasteiger partial charge in [0.15, 0.2) is 0 Å². The normalized spacial score (nSPS) is 22.6. The van der Waals surface area contributed by atoms with Gasteiger partial charge in [-0.05, 0) is 37.5 Å². The van der Waals surface area contributed by atoms with Gasteiger partial charge in [0.05, 0.1) is 11.2 Å². The van der Waals surface area contributed by atoms with E-state index in [0.29, 0.717) is 13.1 Å². The number of rotatable bonds is 5. The Hall–Kier alpha value is -1.46. The second kappa shape index (κ2) is 5.67. The van der Waals surface area contributed by atoms with Gasteiger partial charge in [0.2, 0.25) is 0 Å². The maximum Gasteiger partial charge on any atom is 0.338 e. The molecule has 0 aromatic heterocycles. The van der Waals surface area contributed by atoms with Crippen LogP contribution in [0.5, 0.6) is 0 Å². The molecule has 1 fully saturated rings. The van der Waals surface area contributed by atoms with E-state index >= 15 is 0 Å². The molecule has 1 heterocycles. The van der Waals surface area contributed by atoms with Gasteiger partial charge in [-0.2, -0.15) is 0 Å². The molecule has 0 aliphatic carbocycles. The quantitative estimate of drug-likeness (QED) is 0.858. The molecule has 1 aromatic rings. The highest BCUT2D eigenvalue weighted by Crippen LogP contribution is 2.24. The first-order valence-corrected chi connectivity index (χ1v) is 6.37. The number of benzene rings is 1. The molecule has 1 aliphatic rings. The molecule has 0 amide bonds. The van der Waals surface area contributed by atoms with E-state index in [1.165, 1.54) is 12.1 Å². The van der Waals surface area contributed by atoms with Crippen molar-refractivity contribution in [1.82, 2.24) is 5.32 Å². The number of hydrogen-bond acceptors (Lipinski definition) is 3.